The lowest BCUT2D eigenvalue weighted by Gasteiger charge is -2.01. The molecule has 0 aliphatic rings. The summed E-state index contributed by atoms with van der Waals surface area (Å²) in [6, 6.07) is 7.77. The Balaban J connectivity index is 2.15. The molecule has 6 heteroatoms. The summed E-state index contributed by atoms with van der Waals surface area (Å²) in [5.74, 6) is 0.430. The minimum Gasteiger partial charge on any atom is -0.350 e. The third-order valence-electron chi connectivity index (χ3n) is 2.34. The number of hydrogen-bond donors (Lipinski definition) is 2. The molecule has 0 saturated heterocycles. The van der Waals surface area contributed by atoms with Gasteiger partial charge in [-0.2, -0.15) is 12.6 Å². The van der Waals surface area contributed by atoms with Crippen LogP contribution < -0.4 is 5.32 Å². The van der Waals surface area contributed by atoms with Crippen LogP contribution >= 0.6 is 28.6 Å². The first-order chi connectivity index (χ1) is 8.70. The molecule has 0 saturated carbocycles. The number of imidazole rings is 1. The SMILES string of the molecule is O=C(NCCS)c1cn(-c2ccc(Br)cc2)cn1. The summed E-state index contributed by atoms with van der Waals surface area (Å²) in [6.45, 7) is 0.535. The van der Waals surface area contributed by atoms with Crippen molar-refractivity contribution in [3.63, 3.8) is 0 Å². The minimum atomic E-state index is -0.181. The Labute approximate surface area is 119 Å². The van der Waals surface area contributed by atoms with Crippen LogP contribution in [0.5, 0.6) is 0 Å². The fraction of sp³-hybridized carbons (Fsp3) is 0.167. The van der Waals surface area contributed by atoms with Crippen molar-refractivity contribution in [1.29, 1.82) is 0 Å². The first kappa shape index (κ1) is 13.2. The molecule has 0 bridgehead atoms. The summed E-state index contributed by atoms with van der Waals surface area (Å²) >= 11 is 7.41. The monoisotopic (exact) mass is 325 g/mol. The third-order valence-corrected chi connectivity index (χ3v) is 3.09. The number of nitrogens with one attached hydrogen (secondary N) is 1. The van der Waals surface area contributed by atoms with Gasteiger partial charge in [0.25, 0.3) is 5.91 Å². The molecule has 94 valence electrons. The van der Waals surface area contributed by atoms with Crippen LogP contribution in [0.3, 0.4) is 0 Å². The Bertz CT molecular complexity index is 539. The van der Waals surface area contributed by atoms with Crippen LogP contribution in [-0.4, -0.2) is 27.8 Å². The number of rotatable bonds is 4. The summed E-state index contributed by atoms with van der Waals surface area (Å²) in [5, 5.41) is 2.72. The molecule has 0 fully saturated rings. The zero-order valence-electron chi connectivity index (χ0n) is 9.51. The molecule has 0 spiro atoms. The molecular weight excluding hydrogens is 314 g/mol. The number of aromatic nitrogens is 2. The molecule has 0 radical (unpaired) electrons. The number of hydrogen-bond acceptors (Lipinski definition) is 3. The van der Waals surface area contributed by atoms with Gasteiger partial charge in [-0.3, -0.25) is 4.79 Å². The van der Waals surface area contributed by atoms with Crippen molar-refractivity contribution < 1.29 is 4.79 Å². The van der Waals surface area contributed by atoms with Crippen LogP contribution in [0, 0.1) is 0 Å². The maximum atomic E-state index is 11.7. The fourth-order valence-corrected chi connectivity index (χ4v) is 1.83. The topological polar surface area (TPSA) is 46.9 Å². The highest BCUT2D eigenvalue weighted by Gasteiger charge is 2.08. The van der Waals surface area contributed by atoms with E-state index in [2.05, 4.69) is 38.9 Å². The van der Waals surface area contributed by atoms with Gasteiger partial charge >= 0.3 is 0 Å². The van der Waals surface area contributed by atoms with Crippen molar-refractivity contribution in [1.82, 2.24) is 14.9 Å². The Hall–Kier alpha value is -1.27. The number of amides is 1. The van der Waals surface area contributed by atoms with E-state index in [1.54, 1.807) is 12.5 Å². The molecule has 0 aliphatic carbocycles. The van der Waals surface area contributed by atoms with Gasteiger partial charge in [0.1, 0.15) is 12.0 Å². The molecular formula is C12H12BrN3OS. The largest absolute Gasteiger partial charge is 0.350 e. The van der Waals surface area contributed by atoms with Gasteiger partial charge in [0, 0.05) is 28.7 Å². The number of thiol groups is 1. The van der Waals surface area contributed by atoms with E-state index in [1.807, 2.05) is 28.8 Å². The molecule has 1 aromatic heterocycles. The van der Waals surface area contributed by atoms with Crippen LogP contribution in [0.2, 0.25) is 0 Å². The zero-order chi connectivity index (χ0) is 13.0. The molecule has 2 rings (SSSR count). The van der Waals surface area contributed by atoms with Crippen molar-refractivity contribution in [2.24, 2.45) is 0 Å². The van der Waals surface area contributed by atoms with Crippen LogP contribution in [0.4, 0.5) is 0 Å². The lowest BCUT2D eigenvalue weighted by molar-refractivity contribution is 0.0951. The van der Waals surface area contributed by atoms with Crippen molar-refractivity contribution >= 4 is 34.5 Å². The van der Waals surface area contributed by atoms with Gasteiger partial charge in [-0.05, 0) is 24.3 Å². The highest BCUT2D eigenvalue weighted by Crippen LogP contribution is 2.14. The van der Waals surface area contributed by atoms with Crippen LogP contribution in [0.15, 0.2) is 41.3 Å². The second-order valence-corrected chi connectivity index (χ2v) is 4.98. The Morgan fingerprint density at radius 1 is 1.39 bits per heavy atom. The van der Waals surface area contributed by atoms with E-state index >= 15 is 0 Å². The van der Waals surface area contributed by atoms with Gasteiger partial charge < -0.3 is 9.88 Å². The van der Waals surface area contributed by atoms with Crippen LogP contribution in [0.25, 0.3) is 5.69 Å². The predicted octanol–water partition coefficient (Wildman–Crippen LogP) is 2.29. The van der Waals surface area contributed by atoms with E-state index in [4.69, 9.17) is 0 Å². The van der Waals surface area contributed by atoms with Gasteiger partial charge in [0.05, 0.1) is 0 Å². The van der Waals surface area contributed by atoms with Gasteiger partial charge in [-0.1, -0.05) is 15.9 Å². The van der Waals surface area contributed by atoms with Crippen molar-refractivity contribution in [2.75, 3.05) is 12.3 Å². The van der Waals surface area contributed by atoms with E-state index < -0.39 is 0 Å². The van der Waals surface area contributed by atoms with Gasteiger partial charge in [0.15, 0.2) is 0 Å². The van der Waals surface area contributed by atoms with Gasteiger partial charge in [0.2, 0.25) is 0 Å². The lowest BCUT2D eigenvalue weighted by Crippen LogP contribution is -2.25. The van der Waals surface area contributed by atoms with Crippen LogP contribution in [0.1, 0.15) is 10.5 Å². The molecule has 0 atom stereocenters. The maximum absolute atomic E-state index is 11.7. The van der Waals surface area contributed by atoms with Crippen molar-refractivity contribution in [3.8, 4) is 5.69 Å². The van der Waals surface area contributed by atoms with Crippen molar-refractivity contribution in [3.05, 3.63) is 47.0 Å². The standard InChI is InChI=1S/C12H12BrN3OS/c13-9-1-3-10(4-2-9)16-7-11(15-8-16)12(17)14-5-6-18/h1-4,7-8,18H,5-6H2,(H,14,17). The smallest absolute Gasteiger partial charge is 0.271 e. The van der Waals surface area contributed by atoms with Gasteiger partial charge in [-0.15, -0.1) is 0 Å². The quantitative estimate of drug-likeness (QED) is 0.847. The normalized spacial score (nSPS) is 10.3. The zero-order valence-corrected chi connectivity index (χ0v) is 12.0. The second-order valence-electron chi connectivity index (χ2n) is 3.62. The highest BCUT2D eigenvalue weighted by atomic mass is 79.9. The Kier molecular flexibility index (Phi) is 4.43. The summed E-state index contributed by atoms with van der Waals surface area (Å²) in [6.07, 6.45) is 3.33. The molecule has 1 amide bonds. The Morgan fingerprint density at radius 3 is 2.78 bits per heavy atom. The number of benzene rings is 1. The number of halogens is 1. The summed E-state index contributed by atoms with van der Waals surface area (Å²) in [5.41, 5.74) is 1.36. The summed E-state index contributed by atoms with van der Waals surface area (Å²) in [7, 11) is 0. The van der Waals surface area contributed by atoms with Crippen molar-refractivity contribution in [2.45, 2.75) is 0 Å². The molecule has 18 heavy (non-hydrogen) atoms. The van der Waals surface area contributed by atoms with Gasteiger partial charge in [-0.25, -0.2) is 4.98 Å². The average Bonchev–Trinajstić information content (AvgIpc) is 2.86. The van der Waals surface area contributed by atoms with E-state index in [9.17, 15) is 4.79 Å². The molecule has 1 N–H and O–H groups in total. The molecule has 0 aliphatic heterocycles. The summed E-state index contributed by atoms with van der Waals surface area (Å²) in [4.78, 5) is 15.8. The Morgan fingerprint density at radius 2 is 2.11 bits per heavy atom. The summed E-state index contributed by atoms with van der Waals surface area (Å²) < 4.78 is 2.82. The lowest BCUT2D eigenvalue weighted by atomic mass is 10.3. The molecule has 4 nitrogen and oxygen atoms in total. The highest BCUT2D eigenvalue weighted by molar-refractivity contribution is 9.10. The fourth-order valence-electron chi connectivity index (χ4n) is 1.45. The predicted molar refractivity (Wildman–Crippen MR) is 77.5 cm³/mol. The third kappa shape index (κ3) is 3.14. The first-order valence-electron chi connectivity index (χ1n) is 5.39. The molecule has 1 aromatic carbocycles. The first-order valence-corrected chi connectivity index (χ1v) is 6.82. The molecule has 2 aromatic rings. The van der Waals surface area contributed by atoms with E-state index in [0.29, 0.717) is 18.0 Å². The number of nitrogens with zero attached hydrogens (tertiary/aromatic N) is 2. The molecule has 0 unspecified atom stereocenters. The van der Waals surface area contributed by atoms with Crippen LogP contribution in [-0.2, 0) is 0 Å². The molecule has 1 heterocycles. The maximum Gasteiger partial charge on any atom is 0.271 e. The van der Waals surface area contributed by atoms with E-state index in [-0.39, 0.29) is 5.91 Å². The second kappa shape index (κ2) is 6.06. The van der Waals surface area contributed by atoms with E-state index in [1.165, 1.54) is 0 Å². The number of carbonyl (C=O) groups is 1. The average molecular weight is 326 g/mol. The minimum absolute atomic E-state index is 0.181. The number of carbonyl (C=O) groups excluding carboxylic acids is 1. The van der Waals surface area contributed by atoms with E-state index in [0.717, 1.165) is 10.2 Å².